The van der Waals surface area contributed by atoms with Crippen LogP contribution in [0.1, 0.15) is 0 Å². The summed E-state index contributed by atoms with van der Waals surface area (Å²) in [6.07, 6.45) is 0. The quantitative estimate of drug-likeness (QED) is 0.847. The van der Waals surface area contributed by atoms with Gasteiger partial charge in [-0.25, -0.2) is 8.42 Å². The molecule has 0 spiro atoms. The van der Waals surface area contributed by atoms with Gasteiger partial charge in [0.15, 0.2) is 0 Å². The third-order valence-electron chi connectivity index (χ3n) is 2.20. The first-order valence-corrected chi connectivity index (χ1v) is 6.41. The molecule has 2 N–H and O–H groups in total. The lowest BCUT2D eigenvalue weighted by Crippen LogP contribution is -1.98. The van der Waals surface area contributed by atoms with Crippen molar-refractivity contribution in [1.29, 1.82) is 0 Å². The Labute approximate surface area is 100 Å². The van der Waals surface area contributed by atoms with E-state index in [2.05, 4.69) is 4.72 Å². The normalized spacial score (nSPS) is 11.1. The van der Waals surface area contributed by atoms with E-state index in [1.54, 1.807) is 42.5 Å². The molecule has 0 heterocycles. The van der Waals surface area contributed by atoms with Crippen LogP contribution in [-0.4, -0.2) is 8.42 Å². The highest BCUT2D eigenvalue weighted by Gasteiger charge is 2.03. The molecule has 17 heavy (non-hydrogen) atoms. The number of nitrogens with two attached hydrogens (primary N) is 1. The molecule has 0 amide bonds. The summed E-state index contributed by atoms with van der Waals surface area (Å²) in [4.78, 5) is 0.156. The van der Waals surface area contributed by atoms with E-state index in [1.807, 2.05) is 0 Å². The Morgan fingerprint density at radius 1 is 0.882 bits per heavy atom. The first-order chi connectivity index (χ1) is 8.09. The molecule has 0 aliphatic rings. The van der Waals surface area contributed by atoms with Gasteiger partial charge in [0.25, 0.3) is 0 Å². The fraction of sp³-hybridized carbons (Fsp3) is 0. The number of nitrogen functional groups attached to an aromatic ring is 1. The van der Waals surface area contributed by atoms with E-state index in [1.165, 1.54) is 12.1 Å². The summed E-state index contributed by atoms with van der Waals surface area (Å²) in [5, 5.41) is 0. The molecule has 0 fully saturated rings. The average molecular weight is 247 g/mol. The van der Waals surface area contributed by atoms with Crippen LogP contribution in [-0.2, 0) is 10.0 Å². The van der Waals surface area contributed by atoms with Crippen molar-refractivity contribution < 1.29 is 8.42 Å². The van der Waals surface area contributed by atoms with Crippen LogP contribution >= 0.6 is 0 Å². The Morgan fingerprint density at radius 2 is 1.47 bits per heavy atom. The summed E-state index contributed by atoms with van der Waals surface area (Å²) in [6, 6.07) is 14.6. The van der Waals surface area contributed by atoms with Gasteiger partial charge in [-0.05, 0) is 18.2 Å². The number of para-hydroxylation sites is 1. The molecular weight excluding hydrogens is 236 g/mol. The molecule has 5 heteroatoms. The standard InChI is InChI=1S/C12H11N2O2S/c13-11-8-4-5-9-12(11)14-17(15,16)10-6-2-1-3-7-10/h1-9H,13H2/q-1. The van der Waals surface area contributed by atoms with Crippen LogP contribution in [0.3, 0.4) is 0 Å². The van der Waals surface area contributed by atoms with Crippen molar-refractivity contribution in [2.75, 3.05) is 5.73 Å². The highest BCUT2D eigenvalue weighted by Crippen LogP contribution is 2.31. The van der Waals surface area contributed by atoms with Crippen molar-refractivity contribution in [3.8, 4) is 0 Å². The smallest absolute Gasteiger partial charge is 0.123 e. The van der Waals surface area contributed by atoms with Crippen molar-refractivity contribution >= 4 is 21.4 Å². The van der Waals surface area contributed by atoms with Crippen molar-refractivity contribution in [3.63, 3.8) is 0 Å². The lowest BCUT2D eigenvalue weighted by atomic mass is 10.3. The van der Waals surface area contributed by atoms with Gasteiger partial charge >= 0.3 is 0 Å². The molecule has 4 nitrogen and oxygen atoms in total. The summed E-state index contributed by atoms with van der Waals surface area (Å²) in [6.45, 7) is 0. The molecule has 0 bridgehead atoms. The topological polar surface area (TPSA) is 74.3 Å². The third-order valence-corrected chi connectivity index (χ3v) is 3.50. The monoisotopic (exact) mass is 247 g/mol. The van der Waals surface area contributed by atoms with Gasteiger partial charge in [0, 0.05) is 5.69 Å². The van der Waals surface area contributed by atoms with Crippen LogP contribution in [0.4, 0.5) is 11.4 Å². The van der Waals surface area contributed by atoms with Crippen LogP contribution in [0.25, 0.3) is 4.72 Å². The van der Waals surface area contributed by atoms with E-state index < -0.39 is 10.0 Å². The van der Waals surface area contributed by atoms with E-state index in [0.29, 0.717) is 5.69 Å². The lowest BCUT2D eigenvalue weighted by molar-refractivity contribution is 0.603. The number of sulfonamides is 1. The van der Waals surface area contributed by atoms with Crippen LogP contribution < -0.4 is 5.73 Å². The van der Waals surface area contributed by atoms with Crippen LogP contribution in [0.15, 0.2) is 59.5 Å². The van der Waals surface area contributed by atoms with Gasteiger partial charge in [-0.2, -0.15) is 0 Å². The molecule has 0 unspecified atom stereocenters. The van der Waals surface area contributed by atoms with Crippen LogP contribution in [0.2, 0.25) is 0 Å². The molecule has 2 rings (SSSR count). The SMILES string of the molecule is Nc1ccccc1[N-]S(=O)(=O)c1ccccc1. The number of rotatable bonds is 3. The van der Waals surface area contributed by atoms with Gasteiger partial charge in [0.05, 0.1) is 4.90 Å². The van der Waals surface area contributed by atoms with E-state index in [0.717, 1.165) is 0 Å². The van der Waals surface area contributed by atoms with Gasteiger partial charge in [0.1, 0.15) is 10.0 Å². The Bertz CT molecular complexity index is 609. The van der Waals surface area contributed by atoms with Crippen molar-refractivity contribution in [3.05, 3.63) is 59.3 Å². The molecule has 2 aromatic rings. The van der Waals surface area contributed by atoms with Gasteiger partial charge in [-0.1, -0.05) is 36.4 Å². The number of hydrogen-bond donors (Lipinski definition) is 1. The second-order valence-corrected chi connectivity index (χ2v) is 5.04. The molecule has 0 aliphatic carbocycles. The Balaban J connectivity index is 2.34. The highest BCUT2D eigenvalue weighted by molar-refractivity contribution is 7.94. The molecule has 0 aromatic heterocycles. The summed E-state index contributed by atoms with van der Waals surface area (Å²) in [5.74, 6) is 0. The first-order valence-electron chi connectivity index (χ1n) is 4.97. The van der Waals surface area contributed by atoms with Crippen LogP contribution in [0.5, 0.6) is 0 Å². The van der Waals surface area contributed by atoms with Crippen molar-refractivity contribution in [1.82, 2.24) is 0 Å². The van der Waals surface area contributed by atoms with E-state index in [9.17, 15) is 8.42 Å². The molecule has 0 radical (unpaired) electrons. The first kappa shape index (κ1) is 11.5. The molecule has 88 valence electrons. The van der Waals surface area contributed by atoms with Gasteiger partial charge in [-0.3, -0.25) is 0 Å². The maximum Gasteiger partial charge on any atom is 0.123 e. The van der Waals surface area contributed by atoms with Crippen molar-refractivity contribution in [2.45, 2.75) is 4.90 Å². The van der Waals surface area contributed by atoms with E-state index >= 15 is 0 Å². The zero-order valence-electron chi connectivity index (χ0n) is 8.95. The average Bonchev–Trinajstić information content (AvgIpc) is 2.33. The number of benzene rings is 2. The number of nitrogens with zero attached hydrogens (tertiary/aromatic N) is 1. The number of anilines is 1. The predicted molar refractivity (Wildman–Crippen MR) is 67.5 cm³/mol. The minimum absolute atomic E-state index is 0.156. The fourth-order valence-electron chi connectivity index (χ4n) is 1.35. The Hall–Kier alpha value is -2.01. The predicted octanol–water partition coefficient (Wildman–Crippen LogP) is 2.66. The zero-order chi connectivity index (χ0) is 12.3. The third kappa shape index (κ3) is 2.57. The molecule has 2 aromatic carbocycles. The molecule has 0 atom stereocenters. The largest absolute Gasteiger partial charge is 0.571 e. The molecule has 0 saturated carbocycles. The van der Waals surface area contributed by atoms with E-state index in [4.69, 9.17) is 5.73 Å². The Kier molecular flexibility index (Phi) is 3.01. The Morgan fingerprint density at radius 3 is 2.12 bits per heavy atom. The fourth-order valence-corrected chi connectivity index (χ4v) is 2.38. The maximum atomic E-state index is 11.9. The molecule has 0 aliphatic heterocycles. The van der Waals surface area contributed by atoms with Gasteiger partial charge in [-0.15, -0.1) is 5.69 Å². The van der Waals surface area contributed by atoms with Gasteiger partial charge in [0.2, 0.25) is 0 Å². The molecular formula is C12H11N2O2S-. The minimum Gasteiger partial charge on any atom is -0.571 e. The van der Waals surface area contributed by atoms with Crippen LogP contribution in [0, 0.1) is 0 Å². The highest BCUT2D eigenvalue weighted by atomic mass is 32.2. The van der Waals surface area contributed by atoms with E-state index in [-0.39, 0.29) is 10.6 Å². The van der Waals surface area contributed by atoms with Gasteiger partial charge < -0.3 is 10.5 Å². The second-order valence-electron chi connectivity index (χ2n) is 3.44. The summed E-state index contributed by atoms with van der Waals surface area (Å²) >= 11 is 0. The maximum absolute atomic E-state index is 11.9. The van der Waals surface area contributed by atoms with Crippen molar-refractivity contribution in [2.24, 2.45) is 0 Å². The lowest BCUT2D eigenvalue weighted by Gasteiger charge is -2.23. The molecule has 0 saturated heterocycles. The second kappa shape index (κ2) is 4.47. The zero-order valence-corrected chi connectivity index (χ0v) is 9.76. The summed E-state index contributed by atoms with van der Waals surface area (Å²) < 4.78 is 27.6. The minimum atomic E-state index is -3.69. The summed E-state index contributed by atoms with van der Waals surface area (Å²) in [7, 11) is -3.69. The number of hydrogen-bond acceptors (Lipinski definition) is 3. The summed E-state index contributed by atoms with van der Waals surface area (Å²) in [5.41, 5.74) is 6.25.